The van der Waals surface area contributed by atoms with Crippen molar-refractivity contribution >= 4 is 5.82 Å². The Balaban J connectivity index is 2.23. The van der Waals surface area contributed by atoms with E-state index >= 15 is 0 Å². The Kier molecular flexibility index (Phi) is 5.22. The minimum atomic E-state index is -1.11. The van der Waals surface area contributed by atoms with Gasteiger partial charge in [-0.3, -0.25) is 4.57 Å². The molecule has 1 aliphatic rings. The molecule has 0 aromatic carbocycles. The van der Waals surface area contributed by atoms with Crippen molar-refractivity contribution in [2.45, 2.75) is 24.5 Å². The Morgan fingerprint density at radius 1 is 1.48 bits per heavy atom. The maximum Gasteiger partial charge on any atom is 0.351 e. The fourth-order valence-electron chi connectivity index (χ4n) is 2.12. The van der Waals surface area contributed by atoms with Gasteiger partial charge in [-0.15, -0.1) is 0 Å². The molecule has 1 aliphatic heterocycles. The minimum absolute atomic E-state index is 0.0718. The lowest BCUT2D eigenvalue weighted by molar-refractivity contribution is -0.0846. The second kappa shape index (κ2) is 6.93. The van der Waals surface area contributed by atoms with E-state index in [1.165, 1.54) is 12.3 Å². The molecule has 1 fully saturated rings. The average molecular weight is 302 g/mol. The molecule has 0 aliphatic carbocycles. The molecular formula is C11H18N4O6. The molecule has 0 bridgehead atoms. The minimum Gasteiger partial charge on any atom is -0.394 e. The highest BCUT2D eigenvalue weighted by atomic mass is 16.6. The summed E-state index contributed by atoms with van der Waals surface area (Å²) in [4.78, 5) is 19.8. The van der Waals surface area contributed by atoms with E-state index in [0.29, 0.717) is 0 Å². The van der Waals surface area contributed by atoms with Gasteiger partial charge >= 0.3 is 5.69 Å². The van der Waals surface area contributed by atoms with Gasteiger partial charge in [0.25, 0.3) is 0 Å². The summed E-state index contributed by atoms with van der Waals surface area (Å²) in [5, 5.41) is 19.3. The van der Waals surface area contributed by atoms with E-state index in [1.807, 2.05) is 0 Å². The molecule has 0 amide bonds. The van der Waals surface area contributed by atoms with Crippen LogP contribution in [0.4, 0.5) is 5.82 Å². The zero-order valence-electron chi connectivity index (χ0n) is 11.2. The highest BCUT2D eigenvalue weighted by molar-refractivity contribution is 5.23. The van der Waals surface area contributed by atoms with Gasteiger partial charge in [-0.1, -0.05) is 0 Å². The second-order valence-electron chi connectivity index (χ2n) is 4.49. The fraction of sp³-hybridized carbons (Fsp3) is 0.636. The van der Waals surface area contributed by atoms with Crippen LogP contribution in [0.1, 0.15) is 6.23 Å². The Hall–Kier alpha value is -1.56. The summed E-state index contributed by atoms with van der Waals surface area (Å²) in [7, 11) is 0. The summed E-state index contributed by atoms with van der Waals surface area (Å²) in [6, 6.07) is 1.42. The SMILES string of the molecule is NOCCO[C@@H]1[C@H](O)[C@@H](CO)O[C@H]1n1ccc(N)nc1=O. The Bertz CT molecular complexity index is 524. The first-order valence-electron chi connectivity index (χ1n) is 6.30. The third-order valence-corrected chi connectivity index (χ3v) is 3.13. The van der Waals surface area contributed by atoms with Gasteiger partial charge in [0.05, 0.1) is 19.8 Å². The van der Waals surface area contributed by atoms with E-state index in [9.17, 15) is 15.0 Å². The predicted octanol–water partition coefficient (Wildman–Crippen LogP) is -2.65. The van der Waals surface area contributed by atoms with Crippen LogP contribution in [-0.4, -0.2) is 57.9 Å². The van der Waals surface area contributed by atoms with Crippen LogP contribution in [0.5, 0.6) is 0 Å². The number of ether oxygens (including phenoxy) is 2. The van der Waals surface area contributed by atoms with Crippen molar-refractivity contribution in [2.75, 3.05) is 25.6 Å². The number of rotatable bonds is 6. The third-order valence-electron chi connectivity index (χ3n) is 3.13. The smallest absolute Gasteiger partial charge is 0.351 e. The summed E-state index contributed by atoms with van der Waals surface area (Å²) in [6.45, 7) is -0.218. The summed E-state index contributed by atoms with van der Waals surface area (Å²) in [5.41, 5.74) is 4.78. The quantitative estimate of drug-likeness (QED) is 0.325. The molecule has 0 saturated carbocycles. The molecule has 4 atom stereocenters. The molecule has 10 nitrogen and oxygen atoms in total. The molecule has 118 valence electrons. The number of nitrogen functional groups attached to an aromatic ring is 1. The Labute approximate surface area is 119 Å². The summed E-state index contributed by atoms with van der Waals surface area (Å²) >= 11 is 0. The van der Waals surface area contributed by atoms with Gasteiger partial charge in [0.1, 0.15) is 24.1 Å². The fourth-order valence-corrected chi connectivity index (χ4v) is 2.12. The largest absolute Gasteiger partial charge is 0.394 e. The van der Waals surface area contributed by atoms with E-state index < -0.39 is 36.8 Å². The summed E-state index contributed by atoms with van der Waals surface area (Å²) < 4.78 is 12.0. The monoisotopic (exact) mass is 302 g/mol. The standard InChI is InChI=1S/C11H18N4O6/c12-7-1-2-15(11(18)14-7)10-9(19-3-4-20-13)8(17)6(5-16)21-10/h1-2,6,8-10,16-17H,3-5,13H2,(H2,12,14,18)/t6-,8-,9-,10-/m1/s1. The van der Waals surface area contributed by atoms with Crippen molar-refractivity contribution in [3.63, 3.8) is 0 Å². The lowest BCUT2D eigenvalue weighted by Crippen LogP contribution is -2.38. The van der Waals surface area contributed by atoms with Gasteiger partial charge in [0, 0.05) is 6.20 Å². The normalized spacial score (nSPS) is 28.9. The van der Waals surface area contributed by atoms with Crippen molar-refractivity contribution in [3.05, 3.63) is 22.7 Å². The predicted molar refractivity (Wildman–Crippen MR) is 69.8 cm³/mol. The van der Waals surface area contributed by atoms with Crippen LogP contribution in [0.25, 0.3) is 0 Å². The van der Waals surface area contributed by atoms with Crippen molar-refractivity contribution < 1.29 is 24.5 Å². The van der Waals surface area contributed by atoms with Gasteiger partial charge in [0.2, 0.25) is 0 Å². The maximum absolute atomic E-state index is 11.9. The van der Waals surface area contributed by atoms with E-state index in [0.717, 1.165) is 4.57 Å². The highest BCUT2D eigenvalue weighted by Crippen LogP contribution is 2.30. The number of hydrogen-bond acceptors (Lipinski definition) is 9. The van der Waals surface area contributed by atoms with E-state index in [2.05, 4.69) is 9.82 Å². The van der Waals surface area contributed by atoms with Crippen molar-refractivity contribution in [3.8, 4) is 0 Å². The molecule has 0 unspecified atom stereocenters. The second-order valence-corrected chi connectivity index (χ2v) is 4.49. The average Bonchev–Trinajstić information content (AvgIpc) is 2.76. The van der Waals surface area contributed by atoms with Gasteiger partial charge in [-0.2, -0.15) is 4.98 Å². The molecular weight excluding hydrogens is 284 g/mol. The number of aliphatic hydroxyl groups is 2. The van der Waals surface area contributed by atoms with Gasteiger partial charge < -0.3 is 30.3 Å². The maximum atomic E-state index is 11.9. The molecule has 1 saturated heterocycles. The van der Waals surface area contributed by atoms with Gasteiger partial charge in [-0.05, 0) is 6.07 Å². The zero-order valence-corrected chi connectivity index (χ0v) is 11.2. The molecule has 1 aromatic heterocycles. The van der Waals surface area contributed by atoms with Crippen LogP contribution in [0.15, 0.2) is 17.1 Å². The molecule has 2 heterocycles. The van der Waals surface area contributed by atoms with E-state index in [-0.39, 0.29) is 19.0 Å². The molecule has 2 rings (SSSR count). The van der Waals surface area contributed by atoms with Crippen LogP contribution in [0, 0.1) is 0 Å². The van der Waals surface area contributed by atoms with Crippen molar-refractivity contribution in [2.24, 2.45) is 5.90 Å². The molecule has 1 aromatic rings. The van der Waals surface area contributed by atoms with Crippen LogP contribution in [0.2, 0.25) is 0 Å². The molecule has 10 heteroatoms. The summed E-state index contributed by atoms with van der Waals surface area (Å²) in [6.07, 6.45) is -2.40. The molecule has 6 N–H and O–H groups in total. The lowest BCUT2D eigenvalue weighted by Gasteiger charge is -2.22. The van der Waals surface area contributed by atoms with E-state index in [4.69, 9.17) is 21.1 Å². The highest BCUT2D eigenvalue weighted by Gasteiger charge is 2.45. The number of nitrogens with two attached hydrogens (primary N) is 2. The van der Waals surface area contributed by atoms with Gasteiger partial charge in [-0.25, -0.2) is 10.7 Å². The number of aliphatic hydroxyl groups excluding tert-OH is 2. The first-order valence-corrected chi connectivity index (χ1v) is 6.30. The summed E-state index contributed by atoms with van der Waals surface area (Å²) in [5.74, 6) is 4.97. The van der Waals surface area contributed by atoms with Crippen LogP contribution in [0.3, 0.4) is 0 Å². The number of nitrogens with zero attached hydrogens (tertiary/aromatic N) is 2. The van der Waals surface area contributed by atoms with Crippen LogP contribution < -0.4 is 17.3 Å². The Morgan fingerprint density at radius 3 is 2.86 bits per heavy atom. The van der Waals surface area contributed by atoms with Crippen LogP contribution in [-0.2, 0) is 14.3 Å². The van der Waals surface area contributed by atoms with Gasteiger partial charge in [0.15, 0.2) is 6.23 Å². The third kappa shape index (κ3) is 3.37. The van der Waals surface area contributed by atoms with E-state index in [1.54, 1.807) is 0 Å². The first kappa shape index (κ1) is 15.8. The van der Waals surface area contributed by atoms with Crippen molar-refractivity contribution in [1.29, 1.82) is 0 Å². The number of hydrogen-bond donors (Lipinski definition) is 4. The Morgan fingerprint density at radius 2 is 2.24 bits per heavy atom. The lowest BCUT2D eigenvalue weighted by atomic mass is 10.1. The zero-order chi connectivity index (χ0) is 15.4. The number of aromatic nitrogens is 2. The first-order chi connectivity index (χ1) is 10.1. The number of anilines is 1. The van der Waals surface area contributed by atoms with Crippen molar-refractivity contribution in [1.82, 2.24) is 9.55 Å². The molecule has 0 spiro atoms. The molecule has 21 heavy (non-hydrogen) atoms. The van der Waals surface area contributed by atoms with Crippen LogP contribution >= 0.6 is 0 Å². The molecule has 0 radical (unpaired) electrons. The topological polar surface area (TPSA) is 155 Å².